The molecule has 0 N–H and O–H groups in total. The minimum absolute atomic E-state index is 4.14. The van der Waals surface area contributed by atoms with Crippen molar-refractivity contribution in [3.05, 3.63) is 85.7 Å². The van der Waals surface area contributed by atoms with Gasteiger partial charge in [-0.1, -0.05) is 0 Å². The zero-order valence-electron chi connectivity index (χ0n) is 22.8. The molecule has 0 spiro atoms. The van der Waals surface area contributed by atoms with Crippen molar-refractivity contribution in [3.8, 4) is 0 Å². The molecule has 0 aromatic heterocycles. The summed E-state index contributed by atoms with van der Waals surface area (Å²) >= 11 is 0. The second-order valence-corrected chi connectivity index (χ2v) is 9.74. The van der Waals surface area contributed by atoms with Crippen molar-refractivity contribution in [2.45, 2.75) is 37.1 Å². The highest BCUT2D eigenvalue weighted by molar-refractivity contribution is 6.96. The van der Waals surface area contributed by atoms with Crippen LogP contribution >= 0.6 is 0 Å². The van der Waals surface area contributed by atoms with Gasteiger partial charge in [0, 0.05) is 0 Å². The third-order valence-electron chi connectivity index (χ3n) is 6.64. The van der Waals surface area contributed by atoms with E-state index in [9.17, 15) is 105 Å². The van der Waals surface area contributed by atoms with Gasteiger partial charge in [0.25, 0.3) is 6.71 Å². The number of rotatable bonds is 3. The Bertz CT molecular complexity index is 1710. The fraction of sp³-hybridized carbons (Fsp3) is 0.250. The monoisotopic (exact) mass is 812 g/mol. The van der Waals surface area contributed by atoms with Crippen molar-refractivity contribution < 1.29 is 119 Å². The summed E-state index contributed by atoms with van der Waals surface area (Å²) in [5, 5.41) is 0. The average Bonchev–Trinajstić information content (AvgIpc) is 2.87. The lowest BCUT2D eigenvalue weighted by Gasteiger charge is -2.29. The molecule has 0 aliphatic carbocycles. The van der Waals surface area contributed by atoms with Crippen LogP contribution in [0.3, 0.4) is 0 Å². The fourth-order valence-corrected chi connectivity index (χ4v) is 4.86. The first-order valence-electron chi connectivity index (χ1n) is 12.0. The van der Waals surface area contributed by atoms with E-state index in [1.54, 1.807) is 0 Å². The molecule has 288 valence electrons. The van der Waals surface area contributed by atoms with Gasteiger partial charge in [-0.25, -0.2) is 39.5 Å². The third-order valence-corrected chi connectivity index (χ3v) is 6.64. The van der Waals surface area contributed by atoms with Crippen LogP contribution in [0.15, 0.2) is 0 Å². The van der Waals surface area contributed by atoms with E-state index in [0.717, 1.165) is 0 Å². The molecule has 0 unspecified atom stereocenters. The van der Waals surface area contributed by atoms with Crippen LogP contribution in [0.25, 0.3) is 0 Å². The van der Waals surface area contributed by atoms with E-state index in [0.29, 0.717) is 0 Å². The van der Waals surface area contributed by atoms with Gasteiger partial charge in [-0.2, -0.15) is 79.0 Å². The lowest BCUT2D eigenvalue weighted by molar-refractivity contribution is -0.150. The summed E-state index contributed by atoms with van der Waals surface area (Å²) in [5.74, 6) is -39.2. The Morgan fingerprint density at radius 3 is 0.500 bits per heavy atom. The van der Waals surface area contributed by atoms with Crippen LogP contribution < -0.4 is 16.4 Å². The molecule has 0 saturated heterocycles. The van der Waals surface area contributed by atoms with Crippen molar-refractivity contribution in [1.29, 1.82) is 0 Å². The van der Waals surface area contributed by atoms with Crippen LogP contribution in [0.1, 0.15) is 33.4 Å². The quantitative estimate of drug-likeness (QED) is 0.141. The molecule has 28 heteroatoms. The maximum atomic E-state index is 15.4. The van der Waals surface area contributed by atoms with Crippen LogP contribution in [-0.2, 0) is 37.1 Å². The minimum Gasteiger partial charge on any atom is -0.206 e. The predicted molar refractivity (Wildman–Crippen MR) is 114 cm³/mol. The number of hydrogen-bond donors (Lipinski definition) is 0. The van der Waals surface area contributed by atoms with Gasteiger partial charge in [-0.15, -0.1) is 0 Å². The van der Waals surface area contributed by atoms with Crippen molar-refractivity contribution in [2.75, 3.05) is 0 Å². The van der Waals surface area contributed by atoms with E-state index in [1.807, 2.05) is 0 Å². The molecule has 0 nitrogen and oxygen atoms in total. The minimum atomic E-state index is -7.39. The molecule has 3 aromatic rings. The second-order valence-electron chi connectivity index (χ2n) is 9.74. The number of hydrogen-bond acceptors (Lipinski definition) is 0. The second kappa shape index (κ2) is 12.5. The SMILES string of the molecule is Fc1c(F)c(C(F)(F)F)c(F)c(C(F)(F)F)c1B(c1c(F)c(F)c(C(F)(F)F)c(F)c1C(F)(F)F)c1c(F)c(F)c(C(F)(F)F)c(F)c1C(F)(F)F. The molecular formula is C24BF27. The van der Waals surface area contributed by atoms with Crippen LogP contribution in [0.5, 0.6) is 0 Å². The van der Waals surface area contributed by atoms with E-state index in [2.05, 4.69) is 0 Å². The number of benzene rings is 3. The Morgan fingerprint density at radius 1 is 0.212 bits per heavy atom. The summed E-state index contributed by atoms with van der Waals surface area (Å²) in [6.45, 7) is -5.76. The Morgan fingerprint density at radius 2 is 0.365 bits per heavy atom. The lowest BCUT2D eigenvalue weighted by atomic mass is 9.34. The van der Waals surface area contributed by atoms with Gasteiger partial charge in [0.15, 0.2) is 34.9 Å². The summed E-state index contributed by atoms with van der Waals surface area (Å²) < 4.78 is 381. The Balaban J connectivity index is 3.08. The molecule has 0 aliphatic rings. The topological polar surface area (TPSA) is 0 Å². The maximum Gasteiger partial charge on any atom is 0.422 e. The summed E-state index contributed by atoms with van der Waals surface area (Å²) in [6, 6.07) is 0. The molecule has 0 fully saturated rings. The molecular weight excluding hydrogens is 812 g/mol. The van der Waals surface area contributed by atoms with Gasteiger partial charge in [0.05, 0.1) is 16.7 Å². The summed E-state index contributed by atoms with van der Waals surface area (Å²) in [7, 11) is 0. The molecule has 0 heterocycles. The molecule has 52 heavy (non-hydrogen) atoms. The molecule has 0 aliphatic heterocycles. The van der Waals surface area contributed by atoms with E-state index in [4.69, 9.17) is 0 Å². The van der Waals surface area contributed by atoms with Crippen LogP contribution in [0, 0.1) is 52.4 Å². The van der Waals surface area contributed by atoms with Crippen LogP contribution in [0.2, 0.25) is 0 Å². The first kappa shape index (κ1) is 42.2. The van der Waals surface area contributed by atoms with E-state index in [1.165, 1.54) is 0 Å². The molecule has 0 radical (unpaired) electrons. The molecule has 3 rings (SSSR count). The molecule has 3 aromatic carbocycles. The Labute approximate surface area is 265 Å². The normalized spacial score (nSPS) is 13.7. The van der Waals surface area contributed by atoms with E-state index >= 15 is 13.2 Å². The van der Waals surface area contributed by atoms with Gasteiger partial charge in [-0.3, -0.25) is 0 Å². The van der Waals surface area contributed by atoms with Crippen molar-refractivity contribution in [2.24, 2.45) is 0 Å². The van der Waals surface area contributed by atoms with Gasteiger partial charge >= 0.3 is 37.1 Å². The highest BCUT2D eigenvalue weighted by Gasteiger charge is 2.58. The Kier molecular flexibility index (Phi) is 10.1. The van der Waals surface area contributed by atoms with Crippen molar-refractivity contribution in [3.63, 3.8) is 0 Å². The van der Waals surface area contributed by atoms with Crippen molar-refractivity contribution >= 4 is 23.1 Å². The highest BCUT2D eigenvalue weighted by Crippen LogP contribution is 2.45. The largest absolute Gasteiger partial charge is 0.422 e. The standard InChI is InChI=1S/C24BF27/c26-10-1(19(35,36)37)7(16(32)13(29)4(10)22(44,45)46)25(8-2(20(38,39)40)11(27)5(23(47,48)49)14(30)17(8)33)9-3(21(41,42)43)12(28)6(24(50,51)52)15(31)18(9)34. The molecule has 0 amide bonds. The third kappa shape index (κ3) is 6.87. The van der Waals surface area contributed by atoms with Gasteiger partial charge in [0.2, 0.25) is 0 Å². The molecule has 0 bridgehead atoms. The number of halogens is 27. The Hall–Kier alpha value is -4.17. The number of alkyl halides is 18. The van der Waals surface area contributed by atoms with E-state index in [-0.39, 0.29) is 0 Å². The first-order chi connectivity index (χ1) is 22.9. The average molecular weight is 812 g/mol. The first-order valence-corrected chi connectivity index (χ1v) is 12.0. The van der Waals surface area contributed by atoms with Crippen LogP contribution in [0.4, 0.5) is 119 Å². The van der Waals surface area contributed by atoms with Gasteiger partial charge < -0.3 is 0 Å². The molecule has 0 atom stereocenters. The summed E-state index contributed by atoms with van der Waals surface area (Å²) in [6.07, 6.45) is -43.0. The predicted octanol–water partition coefficient (Wildman–Crippen LogP) is 9.57. The summed E-state index contributed by atoms with van der Waals surface area (Å²) in [5.41, 5.74) is -38.4. The van der Waals surface area contributed by atoms with Crippen molar-refractivity contribution in [1.82, 2.24) is 0 Å². The lowest BCUT2D eigenvalue weighted by Crippen LogP contribution is -2.62. The maximum absolute atomic E-state index is 15.4. The van der Waals surface area contributed by atoms with Crippen LogP contribution in [-0.4, -0.2) is 6.71 Å². The van der Waals surface area contributed by atoms with E-state index < -0.39 is 146 Å². The summed E-state index contributed by atoms with van der Waals surface area (Å²) in [4.78, 5) is 0. The zero-order chi connectivity index (χ0) is 41.0. The molecule has 0 saturated carbocycles. The zero-order valence-corrected chi connectivity index (χ0v) is 22.8. The smallest absolute Gasteiger partial charge is 0.206 e. The highest BCUT2D eigenvalue weighted by atomic mass is 19.4. The van der Waals surface area contributed by atoms with Gasteiger partial charge in [-0.05, 0) is 16.4 Å². The van der Waals surface area contributed by atoms with Gasteiger partial charge in [0.1, 0.15) is 34.1 Å². The fourth-order valence-electron chi connectivity index (χ4n) is 4.86.